The van der Waals surface area contributed by atoms with Gasteiger partial charge in [0.25, 0.3) is 5.56 Å². The van der Waals surface area contributed by atoms with Crippen molar-refractivity contribution in [3.8, 4) is 0 Å². The van der Waals surface area contributed by atoms with Crippen LogP contribution in [0.3, 0.4) is 0 Å². The Morgan fingerprint density at radius 3 is 3.00 bits per heavy atom. The van der Waals surface area contributed by atoms with Gasteiger partial charge in [-0.1, -0.05) is 6.07 Å². The number of pyridine rings is 1. The highest BCUT2D eigenvalue weighted by Gasteiger charge is 2.00. The first-order chi connectivity index (χ1) is 7.25. The lowest BCUT2D eigenvalue weighted by Crippen LogP contribution is -2.18. The molecule has 0 aliphatic carbocycles. The zero-order valence-corrected chi connectivity index (χ0v) is 8.91. The molecule has 2 aromatic heterocycles. The van der Waals surface area contributed by atoms with Crippen LogP contribution in [0.25, 0.3) is 0 Å². The first-order valence-electron chi connectivity index (χ1n) is 4.61. The molecule has 0 aliphatic heterocycles. The minimum absolute atomic E-state index is 0.0158. The van der Waals surface area contributed by atoms with Crippen LogP contribution in [0.1, 0.15) is 5.01 Å². The number of hydrogen-bond donors (Lipinski definition) is 1. The minimum Gasteiger partial charge on any atom is -0.383 e. The van der Waals surface area contributed by atoms with E-state index >= 15 is 0 Å². The molecule has 2 N–H and O–H groups in total. The summed E-state index contributed by atoms with van der Waals surface area (Å²) in [6.45, 7) is 0.645. The number of nitrogens with zero attached hydrogens (tertiary/aromatic N) is 2. The molecule has 0 radical (unpaired) electrons. The number of anilines is 1. The zero-order valence-electron chi connectivity index (χ0n) is 8.09. The van der Waals surface area contributed by atoms with Gasteiger partial charge < -0.3 is 10.3 Å². The van der Waals surface area contributed by atoms with Crippen molar-refractivity contribution in [2.75, 3.05) is 5.73 Å². The van der Waals surface area contributed by atoms with Crippen molar-refractivity contribution < 1.29 is 0 Å². The summed E-state index contributed by atoms with van der Waals surface area (Å²) in [5, 5.41) is 2.77. The molecule has 0 aliphatic rings. The van der Waals surface area contributed by atoms with Crippen molar-refractivity contribution in [2.45, 2.75) is 13.0 Å². The molecule has 0 saturated heterocycles. The third kappa shape index (κ3) is 2.44. The van der Waals surface area contributed by atoms with Gasteiger partial charge in [-0.25, -0.2) is 4.98 Å². The van der Waals surface area contributed by atoms with Gasteiger partial charge in [0.2, 0.25) is 0 Å². The molecule has 0 unspecified atom stereocenters. The van der Waals surface area contributed by atoms with Crippen molar-refractivity contribution >= 4 is 17.2 Å². The normalized spacial score (nSPS) is 10.4. The second kappa shape index (κ2) is 4.27. The number of aryl methyl sites for hydroxylation is 2. The number of hydrogen-bond acceptors (Lipinski definition) is 4. The van der Waals surface area contributed by atoms with Crippen molar-refractivity contribution in [1.29, 1.82) is 0 Å². The van der Waals surface area contributed by atoms with Crippen molar-refractivity contribution in [2.24, 2.45) is 0 Å². The maximum Gasteiger partial charge on any atom is 0.250 e. The highest BCUT2D eigenvalue weighted by atomic mass is 32.1. The average Bonchev–Trinajstić information content (AvgIpc) is 2.63. The molecule has 0 aromatic carbocycles. The third-order valence-electron chi connectivity index (χ3n) is 2.04. The fraction of sp³-hybridized carbons (Fsp3) is 0.200. The number of nitrogens with two attached hydrogens (primary N) is 1. The summed E-state index contributed by atoms with van der Waals surface area (Å²) in [7, 11) is 0. The monoisotopic (exact) mass is 221 g/mol. The van der Waals surface area contributed by atoms with Crippen molar-refractivity contribution in [3.63, 3.8) is 0 Å². The first-order valence-corrected chi connectivity index (χ1v) is 5.49. The van der Waals surface area contributed by atoms with Crippen LogP contribution >= 0.6 is 11.3 Å². The molecular formula is C10H11N3OS. The summed E-state index contributed by atoms with van der Waals surface area (Å²) < 4.78 is 1.66. The van der Waals surface area contributed by atoms with Crippen LogP contribution in [0, 0.1) is 0 Å². The van der Waals surface area contributed by atoms with E-state index in [1.54, 1.807) is 22.9 Å². The van der Waals surface area contributed by atoms with Gasteiger partial charge in [-0.3, -0.25) is 4.79 Å². The summed E-state index contributed by atoms with van der Waals surface area (Å²) in [4.78, 5) is 15.5. The molecule has 0 bridgehead atoms. The van der Waals surface area contributed by atoms with Gasteiger partial charge >= 0.3 is 0 Å². The molecule has 15 heavy (non-hydrogen) atoms. The van der Waals surface area contributed by atoms with Gasteiger partial charge in [0.05, 0.1) is 5.01 Å². The van der Waals surface area contributed by atoms with E-state index in [1.807, 2.05) is 11.4 Å². The molecule has 0 fully saturated rings. The second-order valence-electron chi connectivity index (χ2n) is 3.15. The molecule has 0 atom stereocenters. The zero-order chi connectivity index (χ0) is 10.7. The summed E-state index contributed by atoms with van der Waals surface area (Å²) in [6, 6.07) is 5.13. The van der Waals surface area contributed by atoms with E-state index in [1.165, 1.54) is 11.3 Å². The van der Waals surface area contributed by atoms with Crippen LogP contribution in [0.4, 0.5) is 5.82 Å². The van der Waals surface area contributed by atoms with Gasteiger partial charge in [-0.05, 0) is 6.07 Å². The molecule has 5 heteroatoms. The molecule has 2 heterocycles. The van der Waals surface area contributed by atoms with Crippen LogP contribution in [0.2, 0.25) is 0 Å². The minimum atomic E-state index is 0.0158. The van der Waals surface area contributed by atoms with Gasteiger partial charge in [0.1, 0.15) is 5.82 Å². The Kier molecular flexibility index (Phi) is 2.82. The lowest BCUT2D eigenvalue weighted by molar-refractivity contribution is 0.667. The molecule has 4 nitrogen and oxygen atoms in total. The fourth-order valence-corrected chi connectivity index (χ4v) is 1.98. The van der Waals surface area contributed by atoms with E-state index < -0.39 is 0 Å². The van der Waals surface area contributed by atoms with Crippen LogP contribution in [-0.4, -0.2) is 9.55 Å². The van der Waals surface area contributed by atoms with E-state index in [2.05, 4.69) is 4.98 Å². The molecule has 0 spiro atoms. The van der Waals surface area contributed by atoms with Crippen molar-refractivity contribution in [3.05, 3.63) is 45.1 Å². The Morgan fingerprint density at radius 2 is 2.33 bits per heavy atom. The molecular weight excluding hydrogens is 210 g/mol. The molecule has 0 amide bonds. The number of nitrogen functional groups attached to an aromatic ring is 1. The molecule has 0 saturated carbocycles. The lowest BCUT2D eigenvalue weighted by Gasteiger charge is -2.01. The van der Waals surface area contributed by atoms with Gasteiger partial charge in [-0.15, -0.1) is 11.3 Å². The highest BCUT2D eigenvalue weighted by molar-refractivity contribution is 7.10. The molecule has 2 rings (SSSR count). The van der Waals surface area contributed by atoms with Crippen LogP contribution in [0.15, 0.2) is 34.6 Å². The van der Waals surface area contributed by atoms with Gasteiger partial charge in [-0.2, -0.15) is 0 Å². The fourth-order valence-electron chi connectivity index (χ4n) is 1.30. The van der Waals surface area contributed by atoms with Crippen LogP contribution in [-0.2, 0) is 13.0 Å². The Balaban J connectivity index is 2.05. The Bertz CT molecular complexity index is 503. The lowest BCUT2D eigenvalue weighted by atomic mass is 10.4. The Hall–Kier alpha value is -1.62. The quantitative estimate of drug-likeness (QED) is 0.845. The molecule has 78 valence electrons. The predicted molar refractivity (Wildman–Crippen MR) is 60.9 cm³/mol. The highest BCUT2D eigenvalue weighted by Crippen LogP contribution is 2.11. The standard InChI is InChI=1S/C10H11N3OS/c11-8-7-15-9(12-8)4-6-13-5-2-1-3-10(13)14/h1-3,5,7H,4,6,11H2. The smallest absolute Gasteiger partial charge is 0.250 e. The van der Waals surface area contributed by atoms with Gasteiger partial charge in [0.15, 0.2) is 0 Å². The summed E-state index contributed by atoms with van der Waals surface area (Å²) in [5.41, 5.74) is 5.52. The van der Waals surface area contributed by atoms with Crippen molar-refractivity contribution in [1.82, 2.24) is 9.55 Å². The topological polar surface area (TPSA) is 60.9 Å². The average molecular weight is 221 g/mol. The van der Waals surface area contributed by atoms with E-state index in [0.29, 0.717) is 12.4 Å². The second-order valence-corrected chi connectivity index (χ2v) is 4.09. The predicted octanol–water partition coefficient (Wildman–Crippen LogP) is 1.13. The van der Waals surface area contributed by atoms with Crippen LogP contribution < -0.4 is 11.3 Å². The maximum absolute atomic E-state index is 11.4. The molecule has 2 aromatic rings. The number of rotatable bonds is 3. The van der Waals surface area contributed by atoms with E-state index in [4.69, 9.17) is 5.73 Å². The third-order valence-corrected chi connectivity index (χ3v) is 2.96. The number of thiazole rings is 1. The largest absolute Gasteiger partial charge is 0.383 e. The van der Waals surface area contributed by atoms with Crippen LogP contribution in [0.5, 0.6) is 0 Å². The SMILES string of the molecule is Nc1csc(CCn2ccccc2=O)n1. The first kappa shape index (κ1) is 9.92. The number of aromatic nitrogens is 2. The van der Waals surface area contributed by atoms with E-state index in [-0.39, 0.29) is 5.56 Å². The summed E-state index contributed by atoms with van der Waals surface area (Å²) in [6.07, 6.45) is 2.52. The summed E-state index contributed by atoms with van der Waals surface area (Å²) in [5.74, 6) is 0.551. The van der Waals surface area contributed by atoms with E-state index in [9.17, 15) is 4.79 Å². The van der Waals surface area contributed by atoms with E-state index in [0.717, 1.165) is 11.4 Å². The maximum atomic E-state index is 11.4. The van der Waals surface area contributed by atoms with Gasteiger partial charge in [0, 0.05) is 30.6 Å². The Morgan fingerprint density at radius 1 is 1.47 bits per heavy atom. The summed E-state index contributed by atoms with van der Waals surface area (Å²) >= 11 is 1.52. The Labute approximate surface area is 91.0 Å².